The van der Waals surface area contributed by atoms with Gasteiger partial charge in [0.1, 0.15) is 17.9 Å². The minimum Gasteiger partial charge on any atom is -0.444 e. The van der Waals surface area contributed by atoms with Gasteiger partial charge in [0.25, 0.3) is 0 Å². The highest BCUT2D eigenvalue weighted by Crippen LogP contribution is 2.21. The quantitative estimate of drug-likeness (QED) is 0.342. The van der Waals surface area contributed by atoms with E-state index in [1.807, 2.05) is 88.5 Å². The molecule has 0 N–H and O–H groups in total. The molecule has 1 amide bonds. The second-order valence-electron chi connectivity index (χ2n) is 11.8. The minimum atomic E-state index is -0.955. The third-order valence-corrected chi connectivity index (χ3v) is 6.82. The van der Waals surface area contributed by atoms with Gasteiger partial charge in [-0.05, 0) is 51.8 Å². The third-order valence-electron chi connectivity index (χ3n) is 6.82. The summed E-state index contributed by atoms with van der Waals surface area (Å²) in [5.41, 5.74) is 1.63. The van der Waals surface area contributed by atoms with Gasteiger partial charge in [-0.2, -0.15) is 0 Å². The van der Waals surface area contributed by atoms with Crippen LogP contribution in [-0.4, -0.2) is 79.3 Å². The zero-order valence-corrected chi connectivity index (χ0v) is 24.4. The number of nitrogens with zero attached hydrogens (tertiary/aromatic N) is 2. The number of benzene rings is 2. The van der Waals surface area contributed by atoms with Crippen molar-refractivity contribution in [2.45, 2.75) is 105 Å². The van der Waals surface area contributed by atoms with Gasteiger partial charge in [0, 0.05) is 32.5 Å². The highest BCUT2D eigenvalue weighted by molar-refractivity contribution is 5.68. The predicted octanol–water partition coefficient (Wildman–Crippen LogP) is 7.85. The zero-order valence-electron chi connectivity index (χ0n) is 24.4. The Labute approximate surface area is 253 Å². The molecule has 4 unspecified atom stereocenters. The summed E-state index contributed by atoms with van der Waals surface area (Å²) in [6.45, 7) is 8.84. The lowest BCUT2D eigenvalue weighted by molar-refractivity contribution is -0.00667. The third kappa shape index (κ3) is 14.6. The molecule has 2 aromatic carbocycles. The van der Waals surface area contributed by atoms with Gasteiger partial charge in [0.2, 0.25) is 0 Å². The van der Waals surface area contributed by atoms with Gasteiger partial charge in [-0.1, -0.05) is 75.5 Å². The van der Waals surface area contributed by atoms with Crippen molar-refractivity contribution >= 4 is 6.09 Å². The molecule has 0 radical (unpaired) electrons. The van der Waals surface area contributed by atoms with Crippen molar-refractivity contribution in [3.05, 3.63) is 71.8 Å². The number of halogens is 2. The van der Waals surface area contributed by atoms with Gasteiger partial charge in [0.05, 0.1) is 32.0 Å². The van der Waals surface area contributed by atoms with Crippen LogP contribution in [0.4, 0.5) is 13.6 Å². The van der Waals surface area contributed by atoms with Crippen molar-refractivity contribution in [2.75, 3.05) is 33.2 Å². The van der Waals surface area contributed by atoms with Crippen LogP contribution in [0.5, 0.6) is 0 Å². The van der Waals surface area contributed by atoms with E-state index in [0.717, 1.165) is 24.2 Å². The molecule has 4 atom stereocenters. The van der Waals surface area contributed by atoms with Gasteiger partial charge in [-0.15, -0.1) is 0 Å². The molecular weight excluding hydrogens is 538 g/mol. The summed E-state index contributed by atoms with van der Waals surface area (Å²) in [5.74, 6) is 0. The molecule has 2 aliphatic rings. The lowest BCUT2D eigenvalue weighted by atomic mass is 10.1. The molecule has 6 nitrogen and oxygen atoms in total. The Kier molecular flexibility index (Phi) is 16.8. The molecule has 0 aliphatic carbocycles. The van der Waals surface area contributed by atoms with E-state index in [-0.39, 0.29) is 27.1 Å². The Morgan fingerprint density at radius 1 is 0.786 bits per heavy atom. The van der Waals surface area contributed by atoms with Gasteiger partial charge >= 0.3 is 6.09 Å². The number of alkyl halides is 2. The van der Waals surface area contributed by atoms with E-state index < -0.39 is 24.0 Å². The van der Waals surface area contributed by atoms with Crippen LogP contribution in [0, 0.1) is 0 Å². The van der Waals surface area contributed by atoms with Crippen LogP contribution in [0.2, 0.25) is 0 Å². The van der Waals surface area contributed by atoms with Crippen molar-refractivity contribution < 1.29 is 27.8 Å². The molecular formula is C34H54F2N2O4. The summed E-state index contributed by atoms with van der Waals surface area (Å²) in [7, 11) is 2.02. The summed E-state index contributed by atoms with van der Waals surface area (Å²) in [5, 5.41) is 0. The van der Waals surface area contributed by atoms with Crippen LogP contribution in [0.3, 0.4) is 0 Å². The lowest BCUT2D eigenvalue weighted by Gasteiger charge is -2.28. The van der Waals surface area contributed by atoms with E-state index in [9.17, 15) is 13.6 Å². The van der Waals surface area contributed by atoms with Crippen LogP contribution in [-0.2, 0) is 27.4 Å². The Balaban J connectivity index is 0.000000416. The molecule has 238 valence electrons. The smallest absolute Gasteiger partial charge is 0.410 e. The van der Waals surface area contributed by atoms with E-state index >= 15 is 0 Å². The lowest BCUT2D eigenvalue weighted by Crippen LogP contribution is -2.40. The van der Waals surface area contributed by atoms with Crippen molar-refractivity contribution in [3.63, 3.8) is 0 Å². The molecule has 0 spiro atoms. The fourth-order valence-electron chi connectivity index (χ4n) is 4.70. The highest BCUT2D eigenvalue weighted by Gasteiger charge is 2.30. The number of likely N-dealkylation sites (tertiary alicyclic amines) is 2. The molecule has 0 bridgehead atoms. The van der Waals surface area contributed by atoms with Crippen molar-refractivity contribution in [2.24, 2.45) is 0 Å². The Bertz CT molecular complexity index is 978. The Morgan fingerprint density at radius 3 is 1.71 bits per heavy atom. The van der Waals surface area contributed by atoms with Crippen LogP contribution in [0.15, 0.2) is 60.7 Å². The van der Waals surface area contributed by atoms with E-state index in [2.05, 4.69) is 4.90 Å². The van der Waals surface area contributed by atoms with Gasteiger partial charge in [-0.3, -0.25) is 0 Å². The number of likely N-dealkylation sites (N-methyl/N-ethyl adjacent to an activating group) is 1. The molecule has 0 saturated carbocycles. The Hall–Kier alpha value is -2.55. The maximum atomic E-state index is 13.9. The summed E-state index contributed by atoms with van der Waals surface area (Å²) < 4.78 is 44.5. The maximum absolute atomic E-state index is 13.9. The number of amides is 1. The fraction of sp³-hybridized carbons (Fsp3) is 0.618. The van der Waals surface area contributed by atoms with E-state index in [0.29, 0.717) is 52.0 Å². The minimum absolute atomic E-state index is 0. The topological polar surface area (TPSA) is 51.2 Å². The number of carbonyl (C=O) groups is 1. The SMILES string of the molecule is C.C.CC(C)(C)OC(=O)N1CCC(F)CC(OCc2ccccc2)C1.CN1CCC(F)CC(OCc2ccccc2)C1. The van der Waals surface area contributed by atoms with Crippen LogP contribution in [0.1, 0.15) is 72.4 Å². The standard InChI is InChI=1S/C18H26FNO3.C14H20FNO.2CH4/c1-18(2,3)23-17(21)20-10-9-15(19)11-16(12-20)22-13-14-7-5-4-6-8-14;1-16-8-7-13(15)9-14(10-16)17-11-12-5-3-2-4-6-12;;/h4-8,15-16H,9-13H2,1-3H3;2-6,13-14H,7-11H2,1H3;2*1H4. The molecule has 2 heterocycles. The molecule has 42 heavy (non-hydrogen) atoms. The molecule has 2 aromatic rings. The molecule has 2 fully saturated rings. The summed E-state index contributed by atoms with van der Waals surface area (Å²) in [6.07, 6.45) is -0.600. The fourth-order valence-corrected chi connectivity index (χ4v) is 4.70. The molecule has 8 heteroatoms. The number of carbonyl (C=O) groups excluding carboxylic acids is 1. The first-order valence-electron chi connectivity index (χ1n) is 14.3. The largest absolute Gasteiger partial charge is 0.444 e. The first-order valence-corrected chi connectivity index (χ1v) is 14.3. The van der Waals surface area contributed by atoms with E-state index in [4.69, 9.17) is 14.2 Å². The molecule has 2 aliphatic heterocycles. The van der Waals surface area contributed by atoms with Crippen molar-refractivity contribution in [1.82, 2.24) is 9.80 Å². The van der Waals surface area contributed by atoms with Crippen LogP contribution < -0.4 is 0 Å². The normalized spacial score (nSPS) is 23.1. The Morgan fingerprint density at radius 2 is 1.24 bits per heavy atom. The average molecular weight is 593 g/mol. The van der Waals surface area contributed by atoms with Crippen LogP contribution in [0.25, 0.3) is 0 Å². The van der Waals surface area contributed by atoms with Crippen molar-refractivity contribution in [1.29, 1.82) is 0 Å². The second-order valence-corrected chi connectivity index (χ2v) is 11.8. The summed E-state index contributed by atoms with van der Waals surface area (Å²) in [4.78, 5) is 15.9. The number of hydrogen-bond donors (Lipinski definition) is 0. The average Bonchev–Trinajstić information content (AvgIpc) is 3.21. The molecule has 4 rings (SSSR count). The van der Waals surface area contributed by atoms with Crippen molar-refractivity contribution in [3.8, 4) is 0 Å². The van der Waals surface area contributed by atoms with Gasteiger partial charge < -0.3 is 24.0 Å². The van der Waals surface area contributed by atoms with Crippen LogP contribution >= 0.6 is 0 Å². The first kappa shape index (κ1) is 37.5. The number of ether oxygens (including phenoxy) is 3. The second kappa shape index (κ2) is 18.9. The van der Waals surface area contributed by atoms with E-state index in [1.54, 1.807) is 4.90 Å². The number of rotatable bonds is 6. The van der Waals surface area contributed by atoms with E-state index in [1.165, 1.54) is 0 Å². The monoisotopic (exact) mass is 592 g/mol. The molecule has 0 aromatic heterocycles. The highest BCUT2D eigenvalue weighted by atomic mass is 19.1. The maximum Gasteiger partial charge on any atom is 0.410 e. The summed E-state index contributed by atoms with van der Waals surface area (Å²) in [6, 6.07) is 19.8. The number of hydrogen-bond acceptors (Lipinski definition) is 5. The molecule has 2 saturated heterocycles. The summed E-state index contributed by atoms with van der Waals surface area (Å²) >= 11 is 0. The first-order chi connectivity index (χ1) is 19.1. The van der Waals surface area contributed by atoms with Gasteiger partial charge in [0.15, 0.2) is 0 Å². The predicted molar refractivity (Wildman–Crippen MR) is 167 cm³/mol. The van der Waals surface area contributed by atoms with Gasteiger partial charge in [-0.25, -0.2) is 13.6 Å². The zero-order chi connectivity index (χ0) is 29.0.